The van der Waals surface area contributed by atoms with Gasteiger partial charge < -0.3 is 5.73 Å². The molecule has 9 heavy (non-hydrogen) atoms. The van der Waals surface area contributed by atoms with Crippen LogP contribution >= 0.6 is 11.8 Å². The highest BCUT2D eigenvalue weighted by molar-refractivity contribution is 7.98. The Morgan fingerprint density at radius 1 is 1.67 bits per heavy atom. The topological polar surface area (TPSA) is 51.8 Å². The van der Waals surface area contributed by atoms with Crippen LogP contribution in [0.15, 0.2) is 17.3 Å². The number of nitrogen functional groups attached to an aromatic ring is 1. The lowest BCUT2D eigenvalue weighted by atomic mass is 10.5. The molecule has 0 saturated heterocycles. The molecule has 4 heteroatoms. The van der Waals surface area contributed by atoms with Gasteiger partial charge in [0.2, 0.25) is 0 Å². The smallest absolute Gasteiger partial charge is 0.141 e. The third kappa shape index (κ3) is 1.32. The summed E-state index contributed by atoms with van der Waals surface area (Å²) in [6.45, 7) is 0. The van der Waals surface area contributed by atoms with E-state index in [0.717, 1.165) is 5.03 Å². The Labute approximate surface area is 57.7 Å². The van der Waals surface area contributed by atoms with Crippen LogP contribution in [0.25, 0.3) is 0 Å². The molecule has 0 aliphatic heterocycles. The van der Waals surface area contributed by atoms with Gasteiger partial charge >= 0.3 is 0 Å². The van der Waals surface area contributed by atoms with E-state index in [1.54, 1.807) is 12.3 Å². The Kier molecular flexibility index (Phi) is 1.89. The van der Waals surface area contributed by atoms with E-state index in [9.17, 15) is 0 Å². The van der Waals surface area contributed by atoms with Crippen LogP contribution in [-0.4, -0.2) is 16.5 Å². The summed E-state index contributed by atoms with van der Waals surface area (Å²) in [7, 11) is 0. The molecule has 0 unspecified atom stereocenters. The lowest BCUT2D eigenvalue weighted by Crippen LogP contribution is -1.91. The molecule has 0 aliphatic rings. The van der Waals surface area contributed by atoms with Gasteiger partial charge in [-0.3, -0.25) is 0 Å². The minimum atomic E-state index is 0.692. The van der Waals surface area contributed by atoms with Crippen LogP contribution in [0.1, 0.15) is 0 Å². The Balaban J connectivity index is 3.01. The number of nitrogens with zero attached hydrogens (tertiary/aromatic N) is 2. The largest absolute Gasteiger partial charge is 0.396 e. The van der Waals surface area contributed by atoms with Crippen molar-refractivity contribution < 1.29 is 0 Å². The second kappa shape index (κ2) is 2.68. The number of rotatable bonds is 1. The number of hydrogen-bond donors (Lipinski definition) is 1. The van der Waals surface area contributed by atoms with E-state index >= 15 is 0 Å². The SMILES string of the molecule is CSc1nnccc1N. The third-order valence-corrected chi connectivity index (χ3v) is 1.61. The van der Waals surface area contributed by atoms with Crippen LogP contribution in [0.3, 0.4) is 0 Å². The average Bonchev–Trinajstić information content (AvgIpc) is 1.89. The molecule has 3 nitrogen and oxygen atoms in total. The van der Waals surface area contributed by atoms with Gasteiger partial charge in [0, 0.05) is 0 Å². The van der Waals surface area contributed by atoms with Crippen LogP contribution < -0.4 is 5.73 Å². The van der Waals surface area contributed by atoms with Crippen LogP contribution in [0.4, 0.5) is 5.69 Å². The van der Waals surface area contributed by atoms with E-state index in [-0.39, 0.29) is 0 Å². The van der Waals surface area contributed by atoms with Crippen molar-refractivity contribution in [3.05, 3.63) is 12.3 Å². The lowest BCUT2D eigenvalue weighted by Gasteiger charge is -1.95. The van der Waals surface area contributed by atoms with Crippen LogP contribution in [0, 0.1) is 0 Å². The van der Waals surface area contributed by atoms with Gasteiger partial charge in [-0.15, -0.1) is 16.9 Å². The zero-order valence-electron chi connectivity index (χ0n) is 5.03. The van der Waals surface area contributed by atoms with Crippen molar-refractivity contribution in [1.29, 1.82) is 0 Å². The van der Waals surface area contributed by atoms with Gasteiger partial charge in [0.05, 0.1) is 11.9 Å². The molecule has 2 N–H and O–H groups in total. The third-order valence-electron chi connectivity index (χ3n) is 0.910. The zero-order chi connectivity index (χ0) is 6.69. The lowest BCUT2D eigenvalue weighted by molar-refractivity contribution is 0.937. The van der Waals surface area contributed by atoms with E-state index < -0.39 is 0 Å². The summed E-state index contributed by atoms with van der Waals surface area (Å²) < 4.78 is 0. The molecule has 0 aromatic carbocycles. The standard InChI is InChI=1S/C5H7N3S/c1-9-5-4(6)2-3-7-8-5/h2-3H,1H3,(H2,6,7). The van der Waals surface area contributed by atoms with Gasteiger partial charge in [-0.05, 0) is 12.3 Å². The molecule has 1 aromatic rings. The summed E-state index contributed by atoms with van der Waals surface area (Å²) in [6, 6.07) is 1.73. The van der Waals surface area contributed by atoms with Crippen molar-refractivity contribution >= 4 is 17.4 Å². The first-order valence-corrected chi connectivity index (χ1v) is 3.68. The van der Waals surface area contributed by atoms with Crippen molar-refractivity contribution in [2.75, 3.05) is 12.0 Å². The molecule has 0 spiro atoms. The summed E-state index contributed by atoms with van der Waals surface area (Å²) in [6.07, 6.45) is 3.50. The highest BCUT2D eigenvalue weighted by Gasteiger charge is 1.94. The zero-order valence-corrected chi connectivity index (χ0v) is 5.85. The fraction of sp³-hybridized carbons (Fsp3) is 0.200. The highest BCUT2D eigenvalue weighted by atomic mass is 32.2. The maximum absolute atomic E-state index is 5.51. The van der Waals surface area contributed by atoms with Crippen LogP contribution in [0.5, 0.6) is 0 Å². The molecule has 0 fully saturated rings. The minimum Gasteiger partial charge on any atom is -0.396 e. The first kappa shape index (κ1) is 6.35. The van der Waals surface area contributed by atoms with Crippen molar-refractivity contribution in [3.63, 3.8) is 0 Å². The second-order valence-corrected chi connectivity index (χ2v) is 2.29. The van der Waals surface area contributed by atoms with E-state index in [2.05, 4.69) is 10.2 Å². The summed E-state index contributed by atoms with van der Waals surface area (Å²) in [5, 5.41) is 8.24. The monoisotopic (exact) mass is 141 g/mol. The molecule has 48 valence electrons. The Morgan fingerprint density at radius 2 is 2.44 bits per heavy atom. The number of hydrogen-bond acceptors (Lipinski definition) is 4. The Bertz CT molecular complexity index is 201. The van der Waals surface area contributed by atoms with Crippen LogP contribution in [0.2, 0.25) is 0 Å². The Hall–Kier alpha value is -0.770. The van der Waals surface area contributed by atoms with Gasteiger partial charge in [-0.1, -0.05) is 0 Å². The van der Waals surface area contributed by atoms with Crippen molar-refractivity contribution in [3.8, 4) is 0 Å². The molecule has 0 amide bonds. The molecule has 0 aliphatic carbocycles. The summed E-state index contributed by atoms with van der Waals surface area (Å²) >= 11 is 1.50. The fourth-order valence-electron chi connectivity index (χ4n) is 0.487. The van der Waals surface area contributed by atoms with Gasteiger partial charge in [0.1, 0.15) is 5.03 Å². The van der Waals surface area contributed by atoms with Gasteiger partial charge in [0.15, 0.2) is 0 Å². The van der Waals surface area contributed by atoms with E-state index in [1.165, 1.54) is 11.8 Å². The molecule has 0 radical (unpaired) electrons. The molecule has 0 bridgehead atoms. The molecule has 0 saturated carbocycles. The number of anilines is 1. The predicted octanol–water partition coefficient (Wildman–Crippen LogP) is 0.781. The van der Waals surface area contributed by atoms with Crippen molar-refractivity contribution in [2.45, 2.75) is 5.03 Å². The maximum Gasteiger partial charge on any atom is 0.141 e. The average molecular weight is 141 g/mol. The molecule has 1 rings (SSSR count). The van der Waals surface area contributed by atoms with Crippen LogP contribution in [-0.2, 0) is 0 Å². The molecular weight excluding hydrogens is 134 g/mol. The van der Waals surface area contributed by atoms with Crippen molar-refractivity contribution in [2.24, 2.45) is 0 Å². The summed E-state index contributed by atoms with van der Waals surface area (Å²) in [4.78, 5) is 0. The predicted molar refractivity (Wildman–Crippen MR) is 38.2 cm³/mol. The van der Waals surface area contributed by atoms with Gasteiger partial charge in [-0.25, -0.2) is 0 Å². The van der Waals surface area contributed by atoms with E-state index in [1.807, 2.05) is 6.26 Å². The maximum atomic E-state index is 5.51. The minimum absolute atomic E-state index is 0.692. The molecule has 1 aromatic heterocycles. The fourth-order valence-corrected chi connectivity index (χ4v) is 0.920. The number of thioether (sulfide) groups is 1. The Morgan fingerprint density at radius 3 is 2.89 bits per heavy atom. The molecule has 0 atom stereocenters. The number of aromatic nitrogens is 2. The second-order valence-electron chi connectivity index (χ2n) is 1.50. The first-order chi connectivity index (χ1) is 4.34. The molecular formula is C5H7N3S. The summed E-state index contributed by atoms with van der Waals surface area (Å²) in [5.74, 6) is 0. The van der Waals surface area contributed by atoms with E-state index in [4.69, 9.17) is 5.73 Å². The highest BCUT2D eigenvalue weighted by Crippen LogP contribution is 2.16. The first-order valence-electron chi connectivity index (χ1n) is 2.45. The van der Waals surface area contributed by atoms with E-state index in [0.29, 0.717) is 5.69 Å². The van der Waals surface area contributed by atoms with Crippen molar-refractivity contribution in [1.82, 2.24) is 10.2 Å². The normalized spacial score (nSPS) is 9.44. The number of nitrogens with two attached hydrogens (primary N) is 1. The molecule has 1 heterocycles. The summed E-state index contributed by atoms with van der Waals surface area (Å²) in [5.41, 5.74) is 6.20. The quantitative estimate of drug-likeness (QED) is 0.587. The van der Waals surface area contributed by atoms with Gasteiger partial charge in [-0.2, -0.15) is 5.10 Å². The van der Waals surface area contributed by atoms with Gasteiger partial charge in [0.25, 0.3) is 0 Å².